The first-order valence-corrected chi connectivity index (χ1v) is 4.19. The van der Waals surface area contributed by atoms with E-state index in [2.05, 4.69) is 5.32 Å². The van der Waals surface area contributed by atoms with Crippen LogP contribution in [0.1, 0.15) is 22.8 Å². The maximum absolute atomic E-state index is 12.8. The summed E-state index contributed by atoms with van der Waals surface area (Å²) < 4.78 is 12.8. The highest BCUT2D eigenvalue weighted by Gasteiger charge is 2.09. The molecule has 0 heterocycles. The topological polar surface area (TPSA) is 29.1 Å². The van der Waals surface area contributed by atoms with E-state index in [1.54, 1.807) is 6.07 Å². The first kappa shape index (κ1) is 9.71. The lowest BCUT2D eigenvalue weighted by molar-refractivity contribution is 0.0961. The molecular formula is C10H12FNO. The van der Waals surface area contributed by atoms with Crippen LogP contribution in [0.3, 0.4) is 0 Å². The fourth-order valence-electron chi connectivity index (χ4n) is 1.20. The van der Waals surface area contributed by atoms with Gasteiger partial charge < -0.3 is 5.32 Å². The van der Waals surface area contributed by atoms with Gasteiger partial charge in [-0.3, -0.25) is 4.79 Å². The van der Waals surface area contributed by atoms with Gasteiger partial charge in [0, 0.05) is 12.6 Å². The number of hydrogen-bond donors (Lipinski definition) is 1. The van der Waals surface area contributed by atoms with Crippen molar-refractivity contribution in [3.05, 3.63) is 35.1 Å². The van der Waals surface area contributed by atoms with Crippen LogP contribution in [0.5, 0.6) is 0 Å². The Morgan fingerprint density at radius 3 is 2.77 bits per heavy atom. The fraction of sp³-hybridized carbons (Fsp3) is 0.300. The van der Waals surface area contributed by atoms with Crippen LogP contribution in [0.15, 0.2) is 18.2 Å². The second-order valence-corrected chi connectivity index (χ2v) is 2.73. The zero-order chi connectivity index (χ0) is 9.84. The molecule has 0 unspecified atom stereocenters. The van der Waals surface area contributed by atoms with Crippen molar-refractivity contribution >= 4 is 5.91 Å². The Labute approximate surface area is 76.8 Å². The summed E-state index contributed by atoms with van der Waals surface area (Å²) in [7, 11) is 1.53. The zero-order valence-corrected chi connectivity index (χ0v) is 7.73. The van der Waals surface area contributed by atoms with E-state index < -0.39 is 0 Å². The van der Waals surface area contributed by atoms with Gasteiger partial charge in [0.2, 0.25) is 0 Å². The molecule has 0 aliphatic heterocycles. The number of carbonyl (C=O) groups is 1. The average Bonchev–Trinajstić information content (AvgIpc) is 2.16. The molecule has 0 atom stereocenters. The van der Waals surface area contributed by atoms with Gasteiger partial charge in [-0.2, -0.15) is 0 Å². The highest BCUT2D eigenvalue weighted by molar-refractivity contribution is 5.95. The minimum atomic E-state index is -0.379. The maximum Gasteiger partial charge on any atom is 0.251 e. The SMILES string of the molecule is CCc1ccc(F)cc1C(=O)NC. The number of amides is 1. The molecule has 1 amide bonds. The van der Waals surface area contributed by atoms with Crippen molar-refractivity contribution in [2.24, 2.45) is 0 Å². The molecule has 2 nitrogen and oxygen atoms in total. The Hall–Kier alpha value is -1.38. The first-order chi connectivity index (χ1) is 6.19. The lowest BCUT2D eigenvalue weighted by Crippen LogP contribution is -2.19. The van der Waals surface area contributed by atoms with Gasteiger partial charge in [0.25, 0.3) is 5.91 Å². The molecule has 1 rings (SSSR count). The van der Waals surface area contributed by atoms with Crippen LogP contribution in [-0.4, -0.2) is 13.0 Å². The minimum Gasteiger partial charge on any atom is -0.355 e. The summed E-state index contributed by atoms with van der Waals surface area (Å²) in [5.74, 6) is -0.618. The molecule has 0 aliphatic carbocycles. The molecule has 70 valence electrons. The largest absolute Gasteiger partial charge is 0.355 e. The number of rotatable bonds is 2. The third-order valence-corrected chi connectivity index (χ3v) is 1.92. The molecule has 1 N–H and O–H groups in total. The van der Waals surface area contributed by atoms with Gasteiger partial charge in [0.1, 0.15) is 5.82 Å². The smallest absolute Gasteiger partial charge is 0.251 e. The normalized spacial score (nSPS) is 9.77. The van der Waals surface area contributed by atoms with Crippen molar-refractivity contribution in [3.8, 4) is 0 Å². The van der Waals surface area contributed by atoms with Crippen LogP contribution in [-0.2, 0) is 6.42 Å². The summed E-state index contributed by atoms with van der Waals surface area (Å²) in [6.45, 7) is 1.93. The zero-order valence-electron chi connectivity index (χ0n) is 7.73. The van der Waals surface area contributed by atoms with Crippen molar-refractivity contribution in [2.75, 3.05) is 7.05 Å². The first-order valence-electron chi connectivity index (χ1n) is 4.19. The van der Waals surface area contributed by atoms with E-state index in [9.17, 15) is 9.18 Å². The molecule has 0 saturated carbocycles. The van der Waals surface area contributed by atoms with Crippen LogP contribution in [0, 0.1) is 5.82 Å². The highest BCUT2D eigenvalue weighted by Crippen LogP contribution is 2.11. The predicted octanol–water partition coefficient (Wildman–Crippen LogP) is 1.75. The molecular weight excluding hydrogens is 169 g/mol. The number of halogens is 1. The summed E-state index contributed by atoms with van der Waals surface area (Å²) in [6.07, 6.45) is 0.725. The lowest BCUT2D eigenvalue weighted by Gasteiger charge is -2.05. The van der Waals surface area contributed by atoms with E-state index in [1.807, 2.05) is 6.92 Å². The van der Waals surface area contributed by atoms with E-state index in [4.69, 9.17) is 0 Å². The van der Waals surface area contributed by atoms with Crippen molar-refractivity contribution in [1.29, 1.82) is 0 Å². The Morgan fingerprint density at radius 2 is 2.23 bits per heavy atom. The second kappa shape index (κ2) is 4.03. The van der Waals surface area contributed by atoms with Crippen molar-refractivity contribution in [1.82, 2.24) is 5.32 Å². The van der Waals surface area contributed by atoms with Gasteiger partial charge in [-0.05, 0) is 24.1 Å². The van der Waals surface area contributed by atoms with Crippen LogP contribution in [0.25, 0.3) is 0 Å². The Morgan fingerprint density at radius 1 is 1.54 bits per heavy atom. The molecule has 0 fully saturated rings. The highest BCUT2D eigenvalue weighted by atomic mass is 19.1. The fourth-order valence-corrected chi connectivity index (χ4v) is 1.20. The summed E-state index contributed by atoms with van der Waals surface area (Å²) in [4.78, 5) is 11.3. The van der Waals surface area contributed by atoms with Gasteiger partial charge in [-0.25, -0.2) is 4.39 Å². The van der Waals surface area contributed by atoms with Gasteiger partial charge in [0.05, 0.1) is 0 Å². The molecule has 3 heteroatoms. The van der Waals surface area contributed by atoms with Crippen molar-refractivity contribution < 1.29 is 9.18 Å². The molecule has 1 aromatic carbocycles. The van der Waals surface area contributed by atoms with Crippen LogP contribution in [0.4, 0.5) is 4.39 Å². The summed E-state index contributed by atoms with van der Waals surface area (Å²) in [5, 5.41) is 2.48. The van der Waals surface area contributed by atoms with Crippen LogP contribution >= 0.6 is 0 Å². The van der Waals surface area contributed by atoms with E-state index in [0.29, 0.717) is 5.56 Å². The van der Waals surface area contributed by atoms with E-state index in [1.165, 1.54) is 19.2 Å². The quantitative estimate of drug-likeness (QED) is 0.739. The summed E-state index contributed by atoms with van der Waals surface area (Å²) in [6, 6.07) is 4.27. The third-order valence-electron chi connectivity index (χ3n) is 1.92. The van der Waals surface area contributed by atoms with Crippen molar-refractivity contribution in [2.45, 2.75) is 13.3 Å². The second-order valence-electron chi connectivity index (χ2n) is 2.73. The molecule has 0 bridgehead atoms. The molecule has 1 aromatic rings. The van der Waals surface area contributed by atoms with E-state index in [-0.39, 0.29) is 11.7 Å². The monoisotopic (exact) mass is 181 g/mol. The minimum absolute atomic E-state index is 0.239. The van der Waals surface area contributed by atoms with E-state index >= 15 is 0 Å². The standard InChI is InChI=1S/C10H12FNO/c1-3-7-4-5-8(11)6-9(7)10(13)12-2/h4-6H,3H2,1-2H3,(H,12,13). The Bertz CT molecular complexity index is 323. The third kappa shape index (κ3) is 2.05. The predicted molar refractivity (Wildman–Crippen MR) is 49.2 cm³/mol. The van der Waals surface area contributed by atoms with Gasteiger partial charge in [0.15, 0.2) is 0 Å². The average molecular weight is 181 g/mol. The van der Waals surface area contributed by atoms with Crippen LogP contribution < -0.4 is 5.32 Å². The molecule has 0 aromatic heterocycles. The Kier molecular flexibility index (Phi) is 3.01. The van der Waals surface area contributed by atoms with E-state index in [0.717, 1.165) is 12.0 Å². The molecule has 0 aliphatic rings. The summed E-state index contributed by atoms with van der Waals surface area (Å²) in [5.41, 5.74) is 1.28. The van der Waals surface area contributed by atoms with Gasteiger partial charge >= 0.3 is 0 Å². The molecule has 13 heavy (non-hydrogen) atoms. The number of benzene rings is 1. The Balaban J connectivity index is 3.15. The van der Waals surface area contributed by atoms with Crippen molar-refractivity contribution in [3.63, 3.8) is 0 Å². The number of hydrogen-bond acceptors (Lipinski definition) is 1. The number of aryl methyl sites for hydroxylation is 1. The molecule has 0 radical (unpaired) electrons. The lowest BCUT2D eigenvalue weighted by atomic mass is 10.0. The maximum atomic E-state index is 12.8. The van der Waals surface area contributed by atoms with Crippen LogP contribution in [0.2, 0.25) is 0 Å². The number of nitrogens with one attached hydrogen (secondary N) is 1. The van der Waals surface area contributed by atoms with Gasteiger partial charge in [-0.15, -0.1) is 0 Å². The molecule has 0 saturated heterocycles. The molecule has 0 spiro atoms. The number of carbonyl (C=O) groups excluding carboxylic acids is 1. The summed E-state index contributed by atoms with van der Waals surface area (Å²) >= 11 is 0. The van der Waals surface area contributed by atoms with Gasteiger partial charge in [-0.1, -0.05) is 13.0 Å².